The van der Waals surface area contributed by atoms with Crippen LogP contribution in [0.2, 0.25) is 0 Å². The van der Waals surface area contributed by atoms with Gasteiger partial charge in [-0.25, -0.2) is 0 Å². The molecule has 0 atom stereocenters. The van der Waals surface area contributed by atoms with E-state index >= 15 is 0 Å². The predicted molar refractivity (Wildman–Crippen MR) is 172 cm³/mol. The van der Waals surface area contributed by atoms with E-state index < -0.39 is 0 Å². The molecular formula is C36H71NO. The Kier molecular flexibility index (Phi) is 33.5. The molecule has 0 saturated heterocycles. The van der Waals surface area contributed by atoms with Gasteiger partial charge in [0.25, 0.3) is 0 Å². The Labute approximate surface area is 241 Å². The molecule has 0 spiro atoms. The first kappa shape index (κ1) is 37.2. The molecule has 0 rings (SSSR count). The Balaban J connectivity index is 3.18. The Morgan fingerprint density at radius 3 is 1.13 bits per heavy atom. The fourth-order valence-electron chi connectivity index (χ4n) is 5.35. The molecule has 0 aromatic rings. The summed E-state index contributed by atoms with van der Waals surface area (Å²) in [6, 6.07) is 0. The largest absolute Gasteiger partial charge is 0.356 e. The number of nitrogens with one attached hydrogen (secondary N) is 1. The monoisotopic (exact) mass is 534 g/mol. The van der Waals surface area contributed by atoms with Gasteiger partial charge in [0.05, 0.1) is 0 Å². The molecule has 0 unspecified atom stereocenters. The van der Waals surface area contributed by atoms with Crippen LogP contribution in [0.4, 0.5) is 0 Å². The highest BCUT2D eigenvalue weighted by atomic mass is 16.1. The minimum atomic E-state index is 0.267. The smallest absolute Gasteiger partial charge is 0.219 e. The van der Waals surface area contributed by atoms with Crippen molar-refractivity contribution < 1.29 is 4.79 Å². The van der Waals surface area contributed by atoms with Crippen LogP contribution in [0.15, 0.2) is 12.2 Å². The van der Waals surface area contributed by atoms with Crippen LogP contribution in [0.25, 0.3) is 0 Å². The number of hydrogen-bond acceptors (Lipinski definition) is 1. The summed E-state index contributed by atoms with van der Waals surface area (Å²) in [5.41, 5.74) is 0. The number of carbonyl (C=O) groups is 1. The summed E-state index contributed by atoms with van der Waals surface area (Å²) in [7, 11) is 0. The third kappa shape index (κ3) is 33.2. The Morgan fingerprint density at radius 2 is 0.737 bits per heavy atom. The average Bonchev–Trinajstić information content (AvgIpc) is 2.92. The van der Waals surface area contributed by atoms with Gasteiger partial charge in [-0.2, -0.15) is 0 Å². The van der Waals surface area contributed by atoms with Crippen molar-refractivity contribution in [1.29, 1.82) is 0 Å². The maximum absolute atomic E-state index is 12.0. The Bertz CT molecular complexity index is 472. The van der Waals surface area contributed by atoms with Gasteiger partial charge in [0.15, 0.2) is 0 Å². The summed E-state index contributed by atoms with van der Waals surface area (Å²) in [6.07, 6.45) is 44.8. The highest BCUT2D eigenvalue weighted by molar-refractivity contribution is 5.75. The van der Waals surface area contributed by atoms with Crippen molar-refractivity contribution in [2.75, 3.05) is 6.54 Å². The molecule has 0 aromatic heterocycles. The summed E-state index contributed by atoms with van der Waals surface area (Å²) in [5, 5.41) is 3.13. The lowest BCUT2D eigenvalue weighted by atomic mass is 10.0. The van der Waals surface area contributed by atoms with Crippen LogP contribution in [-0.2, 0) is 4.79 Å². The number of rotatable bonds is 32. The lowest BCUT2D eigenvalue weighted by molar-refractivity contribution is -0.121. The molecule has 1 amide bonds. The summed E-state index contributed by atoms with van der Waals surface area (Å²) < 4.78 is 0. The molecule has 0 aliphatic heterocycles. The van der Waals surface area contributed by atoms with E-state index in [1.165, 1.54) is 173 Å². The number of unbranched alkanes of at least 4 members (excludes halogenated alkanes) is 26. The number of allylic oxidation sites excluding steroid dienone is 2. The second-order valence-electron chi connectivity index (χ2n) is 12.0. The molecule has 2 heteroatoms. The molecule has 2 nitrogen and oxygen atoms in total. The SMILES string of the molecule is CCCCCCCC/C=C\CCCCCCCC(=O)NCCCCCCCCCCCCCCCCCC. The molecule has 0 fully saturated rings. The first-order chi connectivity index (χ1) is 18.8. The van der Waals surface area contributed by atoms with E-state index in [0.717, 1.165) is 25.8 Å². The van der Waals surface area contributed by atoms with Crippen LogP contribution >= 0.6 is 0 Å². The van der Waals surface area contributed by atoms with E-state index in [9.17, 15) is 4.79 Å². The normalized spacial score (nSPS) is 11.5. The standard InChI is InChI=1S/C36H71NO/c1-3-5-7-9-11-13-15-17-19-21-23-25-27-29-31-33-35-37-36(38)34-32-30-28-26-24-22-20-18-16-14-12-10-8-6-4-2/h18,20H,3-17,19,21-35H2,1-2H3,(H,37,38)/b20-18-. The molecule has 38 heavy (non-hydrogen) atoms. The second-order valence-corrected chi connectivity index (χ2v) is 12.0. The van der Waals surface area contributed by atoms with Gasteiger partial charge in [-0.3, -0.25) is 4.79 Å². The minimum absolute atomic E-state index is 0.267. The van der Waals surface area contributed by atoms with Crippen molar-refractivity contribution in [3.63, 3.8) is 0 Å². The maximum Gasteiger partial charge on any atom is 0.219 e. The van der Waals surface area contributed by atoms with E-state index in [1.807, 2.05) is 0 Å². The highest BCUT2D eigenvalue weighted by Crippen LogP contribution is 2.14. The molecule has 0 heterocycles. The van der Waals surface area contributed by atoms with Crippen LogP contribution < -0.4 is 5.32 Å². The van der Waals surface area contributed by atoms with Crippen LogP contribution in [0.5, 0.6) is 0 Å². The average molecular weight is 534 g/mol. The highest BCUT2D eigenvalue weighted by Gasteiger charge is 2.01. The van der Waals surface area contributed by atoms with Crippen LogP contribution in [0.3, 0.4) is 0 Å². The lowest BCUT2D eigenvalue weighted by Crippen LogP contribution is -2.23. The molecule has 0 bridgehead atoms. The molecule has 0 aliphatic rings. The summed E-state index contributed by atoms with van der Waals surface area (Å²) in [5.74, 6) is 0.267. The molecular weight excluding hydrogens is 462 g/mol. The van der Waals surface area contributed by atoms with Gasteiger partial charge in [-0.1, -0.05) is 174 Å². The van der Waals surface area contributed by atoms with Crippen molar-refractivity contribution in [2.45, 2.75) is 206 Å². The van der Waals surface area contributed by atoms with E-state index in [4.69, 9.17) is 0 Å². The minimum Gasteiger partial charge on any atom is -0.356 e. The number of hydrogen-bond donors (Lipinski definition) is 1. The number of carbonyl (C=O) groups excluding carboxylic acids is 1. The third-order valence-electron chi connectivity index (χ3n) is 8.02. The van der Waals surface area contributed by atoms with Crippen LogP contribution in [-0.4, -0.2) is 12.5 Å². The van der Waals surface area contributed by atoms with Gasteiger partial charge in [-0.15, -0.1) is 0 Å². The van der Waals surface area contributed by atoms with Gasteiger partial charge in [0, 0.05) is 13.0 Å². The van der Waals surface area contributed by atoms with E-state index in [-0.39, 0.29) is 5.91 Å². The second kappa shape index (κ2) is 34.2. The molecule has 0 aromatic carbocycles. The van der Waals surface area contributed by atoms with Gasteiger partial charge >= 0.3 is 0 Å². The fraction of sp³-hybridized carbons (Fsp3) is 0.917. The molecule has 0 radical (unpaired) electrons. The Hall–Kier alpha value is -0.790. The van der Waals surface area contributed by atoms with Crippen molar-refractivity contribution in [3.05, 3.63) is 12.2 Å². The zero-order chi connectivity index (χ0) is 27.6. The van der Waals surface area contributed by atoms with Crippen LogP contribution in [0.1, 0.15) is 206 Å². The zero-order valence-electron chi connectivity index (χ0n) is 26.5. The van der Waals surface area contributed by atoms with E-state index in [1.54, 1.807) is 0 Å². The van der Waals surface area contributed by atoms with Crippen molar-refractivity contribution >= 4 is 5.91 Å². The molecule has 0 aliphatic carbocycles. The predicted octanol–water partition coefficient (Wildman–Crippen LogP) is 12.4. The number of amides is 1. The lowest BCUT2D eigenvalue weighted by Gasteiger charge is -2.06. The topological polar surface area (TPSA) is 29.1 Å². The summed E-state index contributed by atoms with van der Waals surface area (Å²) >= 11 is 0. The van der Waals surface area contributed by atoms with E-state index in [2.05, 4.69) is 31.3 Å². The van der Waals surface area contributed by atoms with Gasteiger partial charge in [0.2, 0.25) is 5.91 Å². The summed E-state index contributed by atoms with van der Waals surface area (Å²) in [6.45, 7) is 5.45. The molecule has 0 saturated carbocycles. The maximum atomic E-state index is 12.0. The van der Waals surface area contributed by atoms with Crippen molar-refractivity contribution in [3.8, 4) is 0 Å². The fourth-order valence-corrected chi connectivity index (χ4v) is 5.35. The van der Waals surface area contributed by atoms with Crippen molar-refractivity contribution in [2.24, 2.45) is 0 Å². The quantitative estimate of drug-likeness (QED) is 0.0676. The molecule has 226 valence electrons. The van der Waals surface area contributed by atoms with E-state index in [0.29, 0.717) is 0 Å². The molecule has 1 N–H and O–H groups in total. The first-order valence-electron chi connectivity index (χ1n) is 17.7. The zero-order valence-corrected chi connectivity index (χ0v) is 26.5. The van der Waals surface area contributed by atoms with Crippen molar-refractivity contribution in [1.82, 2.24) is 5.32 Å². The van der Waals surface area contributed by atoms with Crippen LogP contribution in [0, 0.1) is 0 Å². The Morgan fingerprint density at radius 1 is 0.421 bits per heavy atom. The van der Waals surface area contributed by atoms with Gasteiger partial charge in [0.1, 0.15) is 0 Å². The first-order valence-corrected chi connectivity index (χ1v) is 17.7. The van der Waals surface area contributed by atoms with Gasteiger partial charge < -0.3 is 5.32 Å². The van der Waals surface area contributed by atoms with Gasteiger partial charge in [-0.05, 0) is 38.5 Å². The third-order valence-corrected chi connectivity index (χ3v) is 8.02. The summed E-state index contributed by atoms with van der Waals surface area (Å²) in [4.78, 5) is 12.0.